The average molecular weight is 551 g/mol. The highest BCUT2D eigenvalue weighted by atomic mass is 35.5. The molecule has 2 fully saturated rings. The molecule has 0 bridgehead atoms. The molecule has 3 amide bonds. The Morgan fingerprint density at radius 2 is 1.87 bits per heavy atom. The van der Waals surface area contributed by atoms with Gasteiger partial charge in [0.1, 0.15) is 23.5 Å². The van der Waals surface area contributed by atoms with Crippen molar-refractivity contribution in [2.45, 2.75) is 63.6 Å². The first kappa shape index (κ1) is 27.7. The lowest BCUT2D eigenvalue weighted by atomic mass is 9.91. The number of aromatic amines is 1. The maximum absolute atomic E-state index is 14.6. The molecule has 2 heterocycles. The molecule has 3 atom stereocenters. The van der Waals surface area contributed by atoms with Crippen molar-refractivity contribution in [3.8, 4) is 5.75 Å². The summed E-state index contributed by atoms with van der Waals surface area (Å²) in [6, 6.07) is 0.714. The van der Waals surface area contributed by atoms with Crippen LogP contribution in [0.4, 0.5) is 4.39 Å². The van der Waals surface area contributed by atoms with E-state index in [0.717, 1.165) is 12.8 Å². The van der Waals surface area contributed by atoms with Crippen LogP contribution in [0, 0.1) is 17.7 Å². The fourth-order valence-corrected chi connectivity index (χ4v) is 5.14. The number of methoxy groups -OCH3 is 2. The number of esters is 1. The molecule has 1 aromatic heterocycles. The van der Waals surface area contributed by atoms with E-state index in [4.69, 9.17) is 21.1 Å². The van der Waals surface area contributed by atoms with Crippen molar-refractivity contribution in [1.29, 1.82) is 0 Å². The largest absolute Gasteiger partial charge is 0.496 e. The van der Waals surface area contributed by atoms with E-state index in [1.807, 2.05) is 13.8 Å². The van der Waals surface area contributed by atoms with Crippen molar-refractivity contribution >= 4 is 46.2 Å². The van der Waals surface area contributed by atoms with Gasteiger partial charge in [-0.15, -0.1) is 0 Å². The van der Waals surface area contributed by atoms with E-state index in [0.29, 0.717) is 18.2 Å². The Labute approximate surface area is 224 Å². The fourth-order valence-electron chi connectivity index (χ4n) is 4.94. The van der Waals surface area contributed by atoms with Gasteiger partial charge in [0.2, 0.25) is 11.8 Å². The Morgan fingerprint density at radius 3 is 2.45 bits per heavy atom. The summed E-state index contributed by atoms with van der Waals surface area (Å²) in [4.78, 5) is 54.1. The highest BCUT2D eigenvalue weighted by molar-refractivity contribution is 6.31. The number of benzene rings is 1. The van der Waals surface area contributed by atoms with Gasteiger partial charge in [0.05, 0.1) is 24.8 Å². The van der Waals surface area contributed by atoms with Crippen LogP contribution in [-0.2, 0) is 19.1 Å². The number of halogens is 2. The first-order chi connectivity index (χ1) is 17.9. The van der Waals surface area contributed by atoms with Crippen molar-refractivity contribution < 1.29 is 33.0 Å². The molecule has 0 radical (unpaired) electrons. The molecule has 38 heavy (non-hydrogen) atoms. The van der Waals surface area contributed by atoms with Gasteiger partial charge in [0.25, 0.3) is 5.91 Å². The van der Waals surface area contributed by atoms with Crippen LogP contribution in [0.3, 0.4) is 0 Å². The number of amides is 3. The summed E-state index contributed by atoms with van der Waals surface area (Å²) in [5, 5.41) is 8.42. The lowest BCUT2D eigenvalue weighted by Gasteiger charge is -2.23. The second kappa shape index (κ2) is 10.8. The van der Waals surface area contributed by atoms with Crippen LogP contribution >= 0.6 is 11.6 Å². The molecule has 2 aliphatic rings. The number of carbonyl (C=O) groups is 4. The molecule has 206 valence electrons. The highest BCUT2D eigenvalue weighted by Gasteiger charge is 2.41. The molecule has 12 heteroatoms. The van der Waals surface area contributed by atoms with Gasteiger partial charge in [0, 0.05) is 22.9 Å². The third kappa shape index (κ3) is 6.03. The number of aromatic nitrogens is 1. The Kier molecular flexibility index (Phi) is 7.87. The van der Waals surface area contributed by atoms with Crippen molar-refractivity contribution in [3.63, 3.8) is 0 Å². The van der Waals surface area contributed by atoms with E-state index in [-0.39, 0.29) is 40.2 Å². The number of fused-ring (bicyclic) bond motifs is 1. The molecule has 4 rings (SSSR count). The molecule has 1 saturated carbocycles. The van der Waals surface area contributed by atoms with Gasteiger partial charge in [-0.05, 0) is 45.1 Å². The van der Waals surface area contributed by atoms with Crippen LogP contribution in [0.1, 0.15) is 56.4 Å². The van der Waals surface area contributed by atoms with Crippen molar-refractivity contribution in [1.82, 2.24) is 20.9 Å². The zero-order chi connectivity index (χ0) is 27.8. The maximum Gasteiger partial charge on any atom is 0.328 e. The van der Waals surface area contributed by atoms with Crippen LogP contribution in [0.15, 0.2) is 12.1 Å². The predicted octanol–water partition coefficient (Wildman–Crippen LogP) is 2.83. The van der Waals surface area contributed by atoms with Crippen LogP contribution < -0.4 is 20.7 Å². The summed E-state index contributed by atoms with van der Waals surface area (Å²) < 4.78 is 24.7. The highest BCUT2D eigenvalue weighted by Crippen LogP contribution is 2.35. The number of carbonyl (C=O) groups excluding carboxylic acids is 4. The Hall–Kier alpha value is -3.34. The van der Waals surface area contributed by atoms with Gasteiger partial charge < -0.3 is 30.4 Å². The summed E-state index contributed by atoms with van der Waals surface area (Å²) >= 11 is 5.93. The summed E-state index contributed by atoms with van der Waals surface area (Å²) in [6.07, 6.45) is 2.78. The fraction of sp³-hybridized carbons (Fsp3) is 0.538. The molecule has 10 nitrogen and oxygen atoms in total. The lowest BCUT2D eigenvalue weighted by molar-refractivity contribution is -0.146. The normalized spacial score (nSPS) is 19.9. The van der Waals surface area contributed by atoms with E-state index in [1.54, 1.807) is 0 Å². The Morgan fingerprint density at radius 1 is 1.16 bits per heavy atom. The molecular formula is C26H32ClFN4O6. The Bertz CT molecular complexity index is 1270. The van der Waals surface area contributed by atoms with Gasteiger partial charge in [-0.2, -0.15) is 0 Å². The lowest BCUT2D eigenvalue weighted by Crippen LogP contribution is -2.52. The van der Waals surface area contributed by atoms with Crippen LogP contribution in [0.25, 0.3) is 10.9 Å². The molecule has 2 aromatic rings. The summed E-state index contributed by atoms with van der Waals surface area (Å²) in [7, 11) is 2.61. The van der Waals surface area contributed by atoms with E-state index in [2.05, 4.69) is 20.9 Å². The zero-order valence-corrected chi connectivity index (χ0v) is 22.5. The summed E-state index contributed by atoms with van der Waals surface area (Å²) in [6.45, 7) is 3.77. The number of nitrogens with one attached hydrogen (secondary N) is 4. The number of H-pyrrole nitrogens is 1. The topological polar surface area (TPSA) is 139 Å². The SMILES string of the molecule is COC(=O)C(C[C@@H]1CC(C)(C)NC1=O)NC(=O)[C@H](CC1CC1)NC(=O)c1cc2c(OC)cc(Cl)c(F)c2[nH]1. The molecule has 1 aromatic carbocycles. The quantitative estimate of drug-likeness (QED) is 0.336. The smallest absolute Gasteiger partial charge is 0.328 e. The minimum atomic E-state index is -1.07. The molecule has 1 aliphatic heterocycles. The van der Waals surface area contributed by atoms with E-state index in [9.17, 15) is 23.6 Å². The van der Waals surface area contributed by atoms with Crippen LogP contribution in [0.2, 0.25) is 5.02 Å². The molecule has 1 unspecified atom stereocenters. The average Bonchev–Trinajstić information content (AvgIpc) is 3.49. The molecule has 1 saturated heterocycles. The van der Waals surface area contributed by atoms with Gasteiger partial charge in [-0.1, -0.05) is 24.4 Å². The first-order valence-corrected chi connectivity index (χ1v) is 12.9. The Balaban J connectivity index is 1.51. The van der Waals surface area contributed by atoms with E-state index < -0.39 is 47.1 Å². The minimum Gasteiger partial charge on any atom is -0.496 e. The maximum atomic E-state index is 14.6. The number of ether oxygens (including phenoxy) is 2. The second-order valence-corrected chi connectivity index (χ2v) is 11.1. The van der Waals surface area contributed by atoms with E-state index in [1.165, 1.54) is 26.4 Å². The predicted molar refractivity (Wildman–Crippen MR) is 137 cm³/mol. The van der Waals surface area contributed by atoms with Gasteiger partial charge >= 0.3 is 5.97 Å². The van der Waals surface area contributed by atoms with E-state index >= 15 is 0 Å². The van der Waals surface area contributed by atoms with Crippen molar-refractivity contribution in [2.24, 2.45) is 11.8 Å². The number of hydrogen-bond acceptors (Lipinski definition) is 6. The molecule has 1 aliphatic carbocycles. The summed E-state index contributed by atoms with van der Waals surface area (Å²) in [5.74, 6) is -2.74. The second-order valence-electron chi connectivity index (χ2n) is 10.6. The summed E-state index contributed by atoms with van der Waals surface area (Å²) in [5.41, 5.74) is -0.394. The zero-order valence-electron chi connectivity index (χ0n) is 21.7. The minimum absolute atomic E-state index is 0.00575. The van der Waals surface area contributed by atoms with Crippen LogP contribution in [0.5, 0.6) is 5.75 Å². The van der Waals surface area contributed by atoms with Crippen molar-refractivity contribution in [2.75, 3.05) is 14.2 Å². The van der Waals surface area contributed by atoms with Gasteiger partial charge in [0.15, 0.2) is 5.82 Å². The third-order valence-corrected chi connectivity index (χ3v) is 7.31. The third-order valence-electron chi connectivity index (χ3n) is 7.03. The first-order valence-electron chi connectivity index (χ1n) is 12.5. The monoisotopic (exact) mass is 550 g/mol. The molecular weight excluding hydrogens is 519 g/mol. The van der Waals surface area contributed by atoms with Gasteiger partial charge in [-0.25, -0.2) is 9.18 Å². The van der Waals surface area contributed by atoms with Gasteiger partial charge in [-0.3, -0.25) is 14.4 Å². The van der Waals surface area contributed by atoms with Crippen LogP contribution in [-0.4, -0.2) is 60.5 Å². The molecule has 4 N–H and O–H groups in total. The molecule has 0 spiro atoms. The van der Waals surface area contributed by atoms with Crippen molar-refractivity contribution in [3.05, 3.63) is 28.7 Å². The number of hydrogen-bond donors (Lipinski definition) is 4. The number of rotatable bonds is 10. The standard InChI is InChI=1S/C26H32ClFN4O6/c1-26(2)11-13(22(33)32-26)8-18(25(36)38-4)31-23(34)16(7-12-5-6-12)30-24(35)17-9-14-19(37-3)10-15(27)20(28)21(14)29-17/h9-10,12-13,16,18,29H,5-8,11H2,1-4H3,(H,30,35)(H,31,34)(H,32,33)/t13-,16+,18?/m1/s1.